The summed E-state index contributed by atoms with van der Waals surface area (Å²) >= 11 is 0. The first-order valence-electron chi connectivity index (χ1n) is 7.64. The maximum absolute atomic E-state index is 12.3. The standard InChI is InChI=1S/C18H13N5O2/c24-18(14-6-8-16(9-7-14)23-12-20-21-22-23)25-11-15-4-1-3-13-5-2-10-19-17(13)15/h1-10,12H,11H2. The van der Waals surface area contributed by atoms with Crippen LogP contribution >= 0.6 is 0 Å². The molecule has 7 nitrogen and oxygen atoms in total. The van der Waals surface area contributed by atoms with Crippen molar-refractivity contribution in [1.82, 2.24) is 25.2 Å². The third kappa shape index (κ3) is 3.07. The summed E-state index contributed by atoms with van der Waals surface area (Å²) in [4.78, 5) is 16.6. The number of ether oxygens (including phenoxy) is 1. The zero-order valence-corrected chi connectivity index (χ0v) is 13.1. The summed E-state index contributed by atoms with van der Waals surface area (Å²) < 4.78 is 6.94. The van der Waals surface area contributed by atoms with Crippen LogP contribution in [-0.4, -0.2) is 31.2 Å². The molecule has 0 bridgehead atoms. The second kappa shape index (κ2) is 6.48. The molecule has 0 aliphatic heterocycles. The molecule has 2 heterocycles. The van der Waals surface area contributed by atoms with Gasteiger partial charge in [-0.05, 0) is 40.8 Å². The Morgan fingerprint density at radius 1 is 1.04 bits per heavy atom. The lowest BCUT2D eigenvalue weighted by Gasteiger charge is -2.08. The molecule has 122 valence electrons. The van der Waals surface area contributed by atoms with Crippen LogP contribution in [0, 0.1) is 0 Å². The van der Waals surface area contributed by atoms with Gasteiger partial charge in [-0.1, -0.05) is 24.3 Å². The third-order valence-electron chi connectivity index (χ3n) is 3.79. The van der Waals surface area contributed by atoms with Gasteiger partial charge in [-0.3, -0.25) is 4.98 Å². The third-order valence-corrected chi connectivity index (χ3v) is 3.79. The molecule has 0 fully saturated rings. The molecule has 25 heavy (non-hydrogen) atoms. The van der Waals surface area contributed by atoms with Gasteiger partial charge < -0.3 is 4.74 Å². The number of benzene rings is 2. The lowest BCUT2D eigenvalue weighted by molar-refractivity contribution is 0.0474. The van der Waals surface area contributed by atoms with Crippen molar-refractivity contribution < 1.29 is 9.53 Å². The predicted octanol–water partition coefficient (Wildman–Crippen LogP) is 2.57. The van der Waals surface area contributed by atoms with E-state index in [1.807, 2.05) is 30.3 Å². The van der Waals surface area contributed by atoms with Crippen LogP contribution in [0.2, 0.25) is 0 Å². The van der Waals surface area contributed by atoms with Gasteiger partial charge in [-0.2, -0.15) is 0 Å². The lowest BCUT2D eigenvalue weighted by atomic mass is 10.1. The van der Waals surface area contributed by atoms with Crippen molar-refractivity contribution in [3.63, 3.8) is 0 Å². The number of aromatic nitrogens is 5. The maximum atomic E-state index is 12.3. The molecule has 7 heteroatoms. The number of tetrazole rings is 1. The normalized spacial score (nSPS) is 10.7. The molecular weight excluding hydrogens is 318 g/mol. The first-order chi connectivity index (χ1) is 12.3. The molecule has 0 aliphatic rings. The summed E-state index contributed by atoms with van der Waals surface area (Å²) in [7, 11) is 0. The van der Waals surface area contributed by atoms with E-state index in [4.69, 9.17) is 4.74 Å². The van der Waals surface area contributed by atoms with E-state index in [0.717, 1.165) is 22.2 Å². The molecule has 0 saturated carbocycles. The van der Waals surface area contributed by atoms with Crippen LogP contribution in [0.5, 0.6) is 0 Å². The minimum atomic E-state index is -0.392. The number of pyridine rings is 1. The fourth-order valence-corrected chi connectivity index (χ4v) is 2.54. The number of nitrogens with zero attached hydrogens (tertiary/aromatic N) is 5. The van der Waals surface area contributed by atoms with Crippen molar-refractivity contribution in [2.24, 2.45) is 0 Å². The second-order valence-electron chi connectivity index (χ2n) is 5.37. The number of para-hydroxylation sites is 1. The summed E-state index contributed by atoms with van der Waals surface area (Å²) in [6.45, 7) is 0.169. The highest BCUT2D eigenvalue weighted by atomic mass is 16.5. The monoisotopic (exact) mass is 331 g/mol. The fourth-order valence-electron chi connectivity index (χ4n) is 2.54. The first-order valence-corrected chi connectivity index (χ1v) is 7.64. The van der Waals surface area contributed by atoms with Crippen LogP contribution < -0.4 is 0 Å². The average Bonchev–Trinajstić information content (AvgIpc) is 3.21. The highest BCUT2D eigenvalue weighted by molar-refractivity contribution is 5.90. The summed E-state index contributed by atoms with van der Waals surface area (Å²) in [5.41, 5.74) is 2.94. The van der Waals surface area contributed by atoms with Crippen LogP contribution in [0.4, 0.5) is 0 Å². The number of esters is 1. The van der Waals surface area contributed by atoms with Crippen molar-refractivity contribution in [3.8, 4) is 5.69 Å². The molecule has 0 N–H and O–H groups in total. The van der Waals surface area contributed by atoms with Crippen LogP contribution in [0.25, 0.3) is 16.6 Å². The minimum absolute atomic E-state index is 0.169. The van der Waals surface area contributed by atoms with E-state index in [1.54, 1.807) is 30.5 Å². The molecule has 2 aromatic carbocycles. The number of fused-ring (bicyclic) bond motifs is 1. The Morgan fingerprint density at radius 2 is 1.88 bits per heavy atom. The number of carbonyl (C=O) groups excluding carboxylic acids is 1. The van der Waals surface area contributed by atoms with Gasteiger partial charge in [0.25, 0.3) is 0 Å². The van der Waals surface area contributed by atoms with Gasteiger partial charge in [-0.25, -0.2) is 9.48 Å². The van der Waals surface area contributed by atoms with Crippen LogP contribution in [0.15, 0.2) is 67.1 Å². The number of hydrogen-bond acceptors (Lipinski definition) is 6. The van der Waals surface area contributed by atoms with Gasteiger partial charge in [0.15, 0.2) is 0 Å². The molecule has 0 unspecified atom stereocenters. The molecule has 4 rings (SSSR count). The quantitative estimate of drug-likeness (QED) is 0.535. The van der Waals surface area contributed by atoms with Crippen molar-refractivity contribution in [3.05, 3.63) is 78.2 Å². The van der Waals surface area contributed by atoms with E-state index in [2.05, 4.69) is 20.5 Å². The van der Waals surface area contributed by atoms with E-state index >= 15 is 0 Å². The van der Waals surface area contributed by atoms with Crippen molar-refractivity contribution >= 4 is 16.9 Å². The first kappa shape index (κ1) is 14.9. The molecule has 0 saturated heterocycles. The highest BCUT2D eigenvalue weighted by Crippen LogP contribution is 2.17. The van der Waals surface area contributed by atoms with Crippen LogP contribution in [0.3, 0.4) is 0 Å². The zero-order chi connectivity index (χ0) is 17.1. The van der Waals surface area contributed by atoms with Crippen molar-refractivity contribution in [2.75, 3.05) is 0 Å². The topological polar surface area (TPSA) is 82.8 Å². The summed E-state index contributed by atoms with van der Waals surface area (Å²) in [6, 6.07) is 16.5. The Labute approximate surface area is 142 Å². The van der Waals surface area contributed by atoms with E-state index in [9.17, 15) is 4.79 Å². The van der Waals surface area contributed by atoms with E-state index < -0.39 is 5.97 Å². The van der Waals surface area contributed by atoms with E-state index in [1.165, 1.54) is 11.0 Å². The second-order valence-corrected chi connectivity index (χ2v) is 5.37. The van der Waals surface area contributed by atoms with Gasteiger partial charge in [0, 0.05) is 17.1 Å². The number of carbonyl (C=O) groups is 1. The smallest absolute Gasteiger partial charge is 0.338 e. The molecule has 4 aromatic rings. The fraction of sp³-hybridized carbons (Fsp3) is 0.0556. The predicted molar refractivity (Wildman–Crippen MR) is 90.0 cm³/mol. The minimum Gasteiger partial charge on any atom is -0.457 e. The summed E-state index contributed by atoms with van der Waals surface area (Å²) in [5, 5.41) is 12.0. The molecule has 0 amide bonds. The summed E-state index contributed by atoms with van der Waals surface area (Å²) in [6.07, 6.45) is 3.21. The van der Waals surface area contributed by atoms with Crippen molar-refractivity contribution in [1.29, 1.82) is 0 Å². The van der Waals surface area contributed by atoms with Crippen molar-refractivity contribution in [2.45, 2.75) is 6.61 Å². The molecule has 0 atom stereocenters. The van der Waals surface area contributed by atoms with Crippen LogP contribution in [-0.2, 0) is 11.3 Å². The average molecular weight is 331 g/mol. The Balaban J connectivity index is 1.48. The van der Waals surface area contributed by atoms with Gasteiger partial charge in [0.05, 0.1) is 16.8 Å². The zero-order valence-electron chi connectivity index (χ0n) is 13.1. The maximum Gasteiger partial charge on any atom is 0.338 e. The van der Waals surface area contributed by atoms with Gasteiger partial charge >= 0.3 is 5.97 Å². The van der Waals surface area contributed by atoms with E-state index in [-0.39, 0.29) is 6.61 Å². The Morgan fingerprint density at radius 3 is 2.68 bits per heavy atom. The van der Waals surface area contributed by atoms with Gasteiger partial charge in [0.1, 0.15) is 12.9 Å². The lowest BCUT2D eigenvalue weighted by Crippen LogP contribution is -2.06. The molecule has 2 aromatic heterocycles. The Hall–Kier alpha value is -3.61. The molecule has 0 aliphatic carbocycles. The molecule has 0 radical (unpaired) electrons. The molecule has 0 spiro atoms. The number of rotatable bonds is 4. The van der Waals surface area contributed by atoms with Gasteiger partial charge in [0.2, 0.25) is 0 Å². The molecular formula is C18H13N5O2. The highest BCUT2D eigenvalue weighted by Gasteiger charge is 2.10. The van der Waals surface area contributed by atoms with E-state index in [0.29, 0.717) is 5.56 Å². The number of hydrogen-bond donors (Lipinski definition) is 0. The SMILES string of the molecule is O=C(OCc1cccc2cccnc12)c1ccc(-n2cnnn2)cc1. The van der Waals surface area contributed by atoms with Crippen LogP contribution in [0.1, 0.15) is 15.9 Å². The summed E-state index contributed by atoms with van der Waals surface area (Å²) in [5.74, 6) is -0.392. The Kier molecular flexibility index (Phi) is 3.88. The van der Waals surface area contributed by atoms with Gasteiger partial charge in [-0.15, -0.1) is 5.10 Å². The largest absolute Gasteiger partial charge is 0.457 e. The Bertz CT molecular complexity index is 1010.